The van der Waals surface area contributed by atoms with Gasteiger partial charge in [0.05, 0.1) is 6.54 Å². The Balaban J connectivity index is 3.12. The lowest BCUT2D eigenvalue weighted by Crippen LogP contribution is -2.03. The first-order valence-electron chi connectivity index (χ1n) is 3.18. The van der Waals surface area contributed by atoms with Crippen LogP contribution in [0.1, 0.15) is 21.9 Å². The van der Waals surface area contributed by atoms with Gasteiger partial charge >= 0.3 is 5.97 Å². The molecule has 0 saturated heterocycles. The Morgan fingerprint density at radius 1 is 1.82 bits per heavy atom. The Morgan fingerprint density at radius 2 is 2.45 bits per heavy atom. The van der Waals surface area contributed by atoms with Gasteiger partial charge in [-0.15, -0.1) is 0 Å². The quantitative estimate of drug-likeness (QED) is 0.660. The second-order valence-electron chi connectivity index (χ2n) is 2.20. The normalized spacial score (nSPS) is 10.0. The summed E-state index contributed by atoms with van der Waals surface area (Å²) in [6.07, 6.45) is 0. The van der Waals surface area contributed by atoms with Crippen LogP contribution >= 0.6 is 0 Å². The third kappa shape index (κ3) is 1.40. The van der Waals surface area contributed by atoms with Gasteiger partial charge in [-0.05, 0) is 13.0 Å². The Bertz CT molecular complexity index is 277. The van der Waals surface area contributed by atoms with Gasteiger partial charge in [-0.2, -0.15) is 0 Å². The van der Waals surface area contributed by atoms with Gasteiger partial charge in [-0.25, -0.2) is 4.79 Å². The molecule has 1 aromatic rings. The van der Waals surface area contributed by atoms with Crippen LogP contribution in [0.5, 0.6) is 0 Å². The average Bonchev–Trinajstić information content (AvgIpc) is 2.30. The fourth-order valence-corrected chi connectivity index (χ4v) is 0.895. The summed E-state index contributed by atoms with van der Waals surface area (Å²) in [5.74, 6) is -0.0971. The highest BCUT2D eigenvalue weighted by atomic mass is 16.4. The molecule has 4 nitrogen and oxygen atoms in total. The van der Waals surface area contributed by atoms with Gasteiger partial charge in [-0.3, -0.25) is 0 Å². The first kappa shape index (κ1) is 7.81. The maximum Gasteiger partial charge on any atom is 0.339 e. The van der Waals surface area contributed by atoms with Gasteiger partial charge in [0.15, 0.2) is 0 Å². The number of furan rings is 1. The highest BCUT2D eigenvalue weighted by Crippen LogP contribution is 2.13. The molecule has 0 fully saturated rings. The van der Waals surface area contributed by atoms with Crippen LogP contribution in [0, 0.1) is 6.92 Å². The number of nitrogens with two attached hydrogens (primary N) is 1. The molecule has 0 atom stereocenters. The fourth-order valence-electron chi connectivity index (χ4n) is 0.895. The zero-order chi connectivity index (χ0) is 8.43. The molecule has 4 heteroatoms. The average molecular weight is 155 g/mol. The van der Waals surface area contributed by atoms with Crippen LogP contribution in [-0.4, -0.2) is 11.1 Å². The molecule has 0 aliphatic heterocycles. The van der Waals surface area contributed by atoms with Gasteiger partial charge in [0, 0.05) is 0 Å². The van der Waals surface area contributed by atoms with Crippen LogP contribution in [0.2, 0.25) is 0 Å². The lowest BCUT2D eigenvalue weighted by molar-refractivity contribution is 0.0694. The molecule has 0 unspecified atom stereocenters. The van der Waals surface area contributed by atoms with Crippen molar-refractivity contribution in [3.05, 3.63) is 23.2 Å². The van der Waals surface area contributed by atoms with E-state index in [-0.39, 0.29) is 12.1 Å². The van der Waals surface area contributed by atoms with E-state index in [1.165, 1.54) is 6.07 Å². The number of aryl methyl sites for hydroxylation is 1. The van der Waals surface area contributed by atoms with Gasteiger partial charge in [0.1, 0.15) is 17.1 Å². The third-order valence-corrected chi connectivity index (χ3v) is 1.35. The Labute approximate surface area is 63.6 Å². The SMILES string of the molecule is Cc1cc(C(=O)O)c(CN)o1. The molecule has 1 heterocycles. The van der Waals surface area contributed by atoms with Crippen LogP contribution in [0.15, 0.2) is 10.5 Å². The number of aromatic carboxylic acids is 1. The Kier molecular flexibility index (Phi) is 1.96. The molecular weight excluding hydrogens is 146 g/mol. The summed E-state index contributed by atoms with van der Waals surface area (Å²) < 4.78 is 5.02. The van der Waals surface area contributed by atoms with Gasteiger partial charge in [0.2, 0.25) is 0 Å². The van der Waals surface area contributed by atoms with Crippen molar-refractivity contribution in [2.45, 2.75) is 13.5 Å². The zero-order valence-electron chi connectivity index (χ0n) is 6.13. The van der Waals surface area contributed by atoms with Crippen molar-refractivity contribution in [1.29, 1.82) is 0 Å². The summed E-state index contributed by atoms with van der Waals surface area (Å²) in [6.45, 7) is 1.81. The summed E-state index contributed by atoms with van der Waals surface area (Å²) in [5.41, 5.74) is 5.40. The minimum absolute atomic E-state index is 0.121. The largest absolute Gasteiger partial charge is 0.478 e. The first-order valence-corrected chi connectivity index (χ1v) is 3.18. The summed E-state index contributed by atoms with van der Waals surface area (Å²) in [6, 6.07) is 1.46. The number of hydrogen-bond donors (Lipinski definition) is 2. The lowest BCUT2D eigenvalue weighted by Gasteiger charge is -1.90. The van der Waals surface area contributed by atoms with Crippen molar-refractivity contribution in [3.63, 3.8) is 0 Å². The molecule has 60 valence electrons. The summed E-state index contributed by atoms with van der Waals surface area (Å²) >= 11 is 0. The van der Waals surface area contributed by atoms with Crippen molar-refractivity contribution in [3.8, 4) is 0 Å². The second-order valence-corrected chi connectivity index (χ2v) is 2.20. The topological polar surface area (TPSA) is 76.5 Å². The van der Waals surface area contributed by atoms with Gasteiger partial charge < -0.3 is 15.3 Å². The summed E-state index contributed by atoms with van der Waals surface area (Å²) in [4.78, 5) is 10.5. The molecule has 0 spiro atoms. The molecule has 1 rings (SSSR count). The molecule has 0 aliphatic rings. The van der Waals surface area contributed by atoms with E-state index in [9.17, 15) is 4.79 Å². The molecule has 0 amide bonds. The number of carboxylic acid groups (broad SMARTS) is 1. The lowest BCUT2D eigenvalue weighted by atomic mass is 10.2. The fraction of sp³-hybridized carbons (Fsp3) is 0.286. The van der Waals surface area contributed by atoms with E-state index in [1.807, 2.05) is 0 Å². The molecule has 0 bridgehead atoms. The number of rotatable bonds is 2. The van der Waals surface area contributed by atoms with Crippen LogP contribution < -0.4 is 5.73 Å². The molecule has 0 radical (unpaired) electrons. The van der Waals surface area contributed by atoms with Crippen LogP contribution in [0.3, 0.4) is 0 Å². The maximum absolute atomic E-state index is 10.5. The van der Waals surface area contributed by atoms with Crippen molar-refractivity contribution < 1.29 is 14.3 Å². The predicted molar refractivity (Wildman–Crippen MR) is 38.3 cm³/mol. The van der Waals surface area contributed by atoms with Crippen molar-refractivity contribution in [1.82, 2.24) is 0 Å². The Morgan fingerprint density at radius 3 is 2.82 bits per heavy atom. The van der Waals surface area contributed by atoms with Crippen LogP contribution in [0.25, 0.3) is 0 Å². The Hall–Kier alpha value is -1.29. The van der Waals surface area contributed by atoms with Crippen molar-refractivity contribution >= 4 is 5.97 Å². The highest BCUT2D eigenvalue weighted by Gasteiger charge is 2.13. The minimum Gasteiger partial charge on any atom is -0.478 e. The first-order chi connectivity index (χ1) is 5.15. The molecule has 1 aromatic heterocycles. The van der Waals surface area contributed by atoms with E-state index in [0.29, 0.717) is 11.5 Å². The van der Waals surface area contributed by atoms with E-state index in [0.717, 1.165) is 0 Å². The third-order valence-electron chi connectivity index (χ3n) is 1.35. The summed E-state index contributed by atoms with van der Waals surface area (Å²) in [7, 11) is 0. The predicted octanol–water partition coefficient (Wildman–Crippen LogP) is 0.745. The molecule has 0 saturated carbocycles. The number of carbonyl (C=O) groups is 1. The molecule has 3 N–H and O–H groups in total. The molecule has 0 aliphatic carbocycles. The molecule has 0 aromatic carbocycles. The standard InChI is InChI=1S/C7H9NO3/c1-4-2-5(7(9)10)6(3-8)11-4/h2H,3,8H2,1H3,(H,9,10). The molecule has 11 heavy (non-hydrogen) atoms. The van der Waals surface area contributed by atoms with Gasteiger partial charge in [-0.1, -0.05) is 0 Å². The summed E-state index contributed by atoms with van der Waals surface area (Å²) in [5, 5.41) is 8.59. The maximum atomic E-state index is 10.5. The van der Waals surface area contributed by atoms with Crippen molar-refractivity contribution in [2.24, 2.45) is 5.73 Å². The number of hydrogen-bond acceptors (Lipinski definition) is 3. The van der Waals surface area contributed by atoms with Crippen molar-refractivity contribution in [2.75, 3.05) is 0 Å². The highest BCUT2D eigenvalue weighted by molar-refractivity contribution is 5.88. The minimum atomic E-state index is -0.998. The second kappa shape index (κ2) is 2.75. The van der Waals surface area contributed by atoms with Crippen LogP contribution in [-0.2, 0) is 6.54 Å². The van der Waals surface area contributed by atoms with E-state index in [2.05, 4.69) is 0 Å². The van der Waals surface area contributed by atoms with E-state index in [1.54, 1.807) is 6.92 Å². The van der Waals surface area contributed by atoms with E-state index in [4.69, 9.17) is 15.3 Å². The smallest absolute Gasteiger partial charge is 0.339 e. The molecular formula is C7H9NO3. The number of carboxylic acids is 1. The van der Waals surface area contributed by atoms with Gasteiger partial charge in [0.25, 0.3) is 0 Å². The van der Waals surface area contributed by atoms with E-state index < -0.39 is 5.97 Å². The van der Waals surface area contributed by atoms with E-state index >= 15 is 0 Å². The van der Waals surface area contributed by atoms with Crippen LogP contribution in [0.4, 0.5) is 0 Å². The monoisotopic (exact) mass is 155 g/mol. The zero-order valence-corrected chi connectivity index (χ0v) is 6.13.